The molecule has 0 spiro atoms. The number of allylic oxidation sites excluding steroid dienone is 14. The Morgan fingerprint density at radius 3 is 1.06 bits per heavy atom. The number of carbonyl (C=O) groups excluding carboxylic acids is 2. The van der Waals surface area contributed by atoms with E-state index in [4.69, 9.17) is 14.2 Å². The maximum atomic E-state index is 12.9. The standard InChI is InChI=1S/C65H114O5/c1-4-7-10-13-16-19-22-25-28-31-33-35-37-40-43-46-49-52-55-58-64(66)69-62-63(61-68-60-57-54-51-48-45-42-39-36-32-29-26-23-20-17-14-11-8-5-2)70-65(67)59-56-53-50-47-44-41-38-34-30-27-24-21-18-15-12-9-6-3/h9,12,16,18-19,21,25,27-28,30,33,35,38,41,63H,4-8,10-11,13-15,17,20,22-24,26,29,31-32,34,36-37,39-40,42-62H2,1-3H3/b12-9-,19-16-,21-18-,28-25-,30-27-,35-33-,41-38-. The molecule has 0 radical (unpaired) electrons. The van der Waals surface area contributed by atoms with E-state index in [0.29, 0.717) is 19.4 Å². The van der Waals surface area contributed by atoms with Crippen molar-refractivity contribution >= 4 is 11.9 Å². The zero-order valence-electron chi connectivity index (χ0n) is 46.5. The fourth-order valence-electron chi connectivity index (χ4n) is 8.45. The van der Waals surface area contributed by atoms with E-state index in [2.05, 4.69) is 106 Å². The summed E-state index contributed by atoms with van der Waals surface area (Å²) in [4.78, 5) is 25.6. The Morgan fingerprint density at radius 1 is 0.329 bits per heavy atom. The molecule has 1 unspecified atom stereocenters. The van der Waals surface area contributed by atoms with Gasteiger partial charge in [0, 0.05) is 19.4 Å². The molecule has 0 aliphatic rings. The van der Waals surface area contributed by atoms with Crippen LogP contribution in [0.1, 0.15) is 290 Å². The molecule has 0 aliphatic heterocycles. The lowest BCUT2D eigenvalue weighted by atomic mass is 10.0. The van der Waals surface area contributed by atoms with Crippen LogP contribution in [0, 0.1) is 0 Å². The van der Waals surface area contributed by atoms with Crippen molar-refractivity contribution < 1.29 is 23.8 Å². The highest BCUT2D eigenvalue weighted by atomic mass is 16.6. The van der Waals surface area contributed by atoms with Gasteiger partial charge in [-0.1, -0.05) is 266 Å². The molecule has 0 aromatic rings. The van der Waals surface area contributed by atoms with Gasteiger partial charge in [0.15, 0.2) is 6.10 Å². The van der Waals surface area contributed by atoms with Crippen LogP contribution >= 0.6 is 0 Å². The first-order chi connectivity index (χ1) is 34.6. The molecule has 0 amide bonds. The van der Waals surface area contributed by atoms with E-state index in [0.717, 1.165) is 109 Å². The molecule has 70 heavy (non-hydrogen) atoms. The first-order valence-electron chi connectivity index (χ1n) is 30.1. The summed E-state index contributed by atoms with van der Waals surface area (Å²) >= 11 is 0. The van der Waals surface area contributed by atoms with Gasteiger partial charge in [-0.25, -0.2) is 0 Å². The van der Waals surface area contributed by atoms with Crippen molar-refractivity contribution in [3.8, 4) is 0 Å². The topological polar surface area (TPSA) is 61.8 Å². The summed E-state index contributed by atoms with van der Waals surface area (Å²) in [5, 5.41) is 0. The highest BCUT2D eigenvalue weighted by Crippen LogP contribution is 2.16. The van der Waals surface area contributed by atoms with E-state index < -0.39 is 6.10 Å². The molecule has 5 heteroatoms. The summed E-state index contributed by atoms with van der Waals surface area (Å²) in [5.41, 5.74) is 0. The van der Waals surface area contributed by atoms with Crippen LogP contribution in [0.15, 0.2) is 85.1 Å². The number of carbonyl (C=O) groups is 2. The number of ether oxygens (including phenoxy) is 3. The molecular formula is C65H114O5. The second-order valence-corrected chi connectivity index (χ2v) is 19.9. The molecule has 0 aliphatic carbocycles. The maximum Gasteiger partial charge on any atom is 0.306 e. The minimum absolute atomic E-state index is 0.0675. The number of rotatable bonds is 55. The molecule has 5 nitrogen and oxygen atoms in total. The molecule has 0 aromatic heterocycles. The van der Waals surface area contributed by atoms with E-state index in [-0.39, 0.29) is 25.2 Å². The second-order valence-electron chi connectivity index (χ2n) is 19.9. The highest BCUT2D eigenvalue weighted by molar-refractivity contribution is 5.70. The van der Waals surface area contributed by atoms with Crippen molar-refractivity contribution in [1.29, 1.82) is 0 Å². The number of unbranched alkanes of at least 4 members (excludes halogenated alkanes) is 30. The van der Waals surface area contributed by atoms with Crippen LogP contribution in [0.4, 0.5) is 0 Å². The molecule has 1 atom stereocenters. The average Bonchev–Trinajstić information content (AvgIpc) is 3.36. The van der Waals surface area contributed by atoms with Crippen LogP contribution in [0.25, 0.3) is 0 Å². The van der Waals surface area contributed by atoms with Gasteiger partial charge >= 0.3 is 11.9 Å². The summed E-state index contributed by atoms with van der Waals surface area (Å²) in [6, 6.07) is 0. The third-order valence-electron chi connectivity index (χ3n) is 12.9. The normalized spacial score (nSPS) is 12.8. The summed E-state index contributed by atoms with van der Waals surface area (Å²) in [7, 11) is 0. The van der Waals surface area contributed by atoms with Gasteiger partial charge in [0.2, 0.25) is 0 Å². The zero-order chi connectivity index (χ0) is 50.6. The van der Waals surface area contributed by atoms with Crippen molar-refractivity contribution in [2.24, 2.45) is 0 Å². The Hall–Kier alpha value is -2.92. The largest absolute Gasteiger partial charge is 0.462 e. The van der Waals surface area contributed by atoms with Gasteiger partial charge in [-0.15, -0.1) is 0 Å². The predicted molar refractivity (Wildman–Crippen MR) is 307 cm³/mol. The molecular weight excluding hydrogens is 861 g/mol. The van der Waals surface area contributed by atoms with E-state index in [1.165, 1.54) is 148 Å². The minimum Gasteiger partial charge on any atom is -0.462 e. The number of hydrogen-bond acceptors (Lipinski definition) is 5. The average molecular weight is 976 g/mol. The van der Waals surface area contributed by atoms with Crippen LogP contribution < -0.4 is 0 Å². The maximum absolute atomic E-state index is 12.9. The van der Waals surface area contributed by atoms with Crippen LogP contribution in [0.2, 0.25) is 0 Å². The predicted octanol–water partition coefficient (Wildman–Crippen LogP) is 20.8. The molecule has 0 heterocycles. The third kappa shape index (κ3) is 57.7. The van der Waals surface area contributed by atoms with Gasteiger partial charge in [0.05, 0.1) is 6.61 Å². The van der Waals surface area contributed by atoms with Crippen molar-refractivity contribution in [3.63, 3.8) is 0 Å². The molecule has 0 N–H and O–H groups in total. The molecule has 0 aromatic carbocycles. The summed E-state index contributed by atoms with van der Waals surface area (Å²) in [6.07, 6.45) is 80.4. The summed E-state index contributed by atoms with van der Waals surface area (Å²) < 4.78 is 17.5. The number of esters is 2. The van der Waals surface area contributed by atoms with E-state index >= 15 is 0 Å². The van der Waals surface area contributed by atoms with Gasteiger partial charge in [-0.2, -0.15) is 0 Å². The highest BCUT2D eigenvalue weighted by Gasteiger charge is 2.17. The third-order valence-corrected chi connectivity index (χ3v) is 12.9. The van der Waals surface area contributed by atoms with Gasteiger partial charge in [0.25, 0.3) is 0 Å². The fraction of sp³-hybridized carbons (Fsp3) is 0.754. The van der Waals surface area contributed by atoms with Crippen molar-refractivity contribution in [2.45, 2.75) is 297 Å². The summed E-state index contributed by atoms with van der Waals surface area (Å²) in [5.74, 6) is -0.430. The Kier molecular flexibility index (Phi) is 57.9. The van der Waals surface area contributed by atoms with Crippen LogP contribution in [-0.2, 0) is 23.8 Å². The van der Waals surface area contributed by atoms with Crippen LogP contribution in [0.3, 0.4) is 0 Å². The molecule has 0 saturated heterocycles. The lowest BCUT2D eigenvalue weighted by molar-refractivity contribution is -0.163. The lowest BCUT2D eigenvalue weighted by Crippen LogP contribution is -2.30. The van der Waals surface area contributed by atoms with Gasteiger partial charge < -0.3 is 14.2 Å². The van der Waals surface area contributed by atoms with Gasteiger partial charge in [0.1, 0.15) is 6.61 Å². The smallest absolute Gasteiger partial charge is 0.306 e. The molecule has 0 rings (SSSR count). The van der Waals surface area contributed by atoms with Gasteiger partial charge in [-0.05, 0) is 96.3 Å². The molecule has 404 valence electrons. The lowest BCUT2D eigenvalue weighted by Gasteiger charge is -2.18. The van der Waals surface area contributed by atoms with E-state index in [1.807, 2.05) is 0 Å². The minimum atomic E-state index is -0.558. The zero-order valence-corrected chi connectivity index (χ0v) is 46.5. The van der Waals surface area contributed by atoms with Crippen LogP contribution in [0.5, 0.6) is 0 Å². The van der Waals surface area contributed by atoms with Crippen molar-refractivity contribution in [1.82, 2.24) is 0 Å². The van der Waals surface area contributed by atoms with Gasteiger partial charge in [-0.3, -0.25) is 9.59 Å². The monoisotopic (exact) mass is 975 g/mol. The number of hydrogen-bond donors (Lipinski definition) is 0. The first-order valence-corrected chi connectivity index (χ1v) is 30.1. The second kappa shape index (κ2) is 60.4. The molecule has 0 saturated carbocycles. The molecule has 0 fully saturated rings. The quantitative estimate of drug-likeness (QED) is 0.0345. The van der Waals surface area contributed by atoms with Crippen molar-refractivity contribution in [2.75, 3.05) is 19.8 Å². The van der Waals surface area contributed by atoms with E-state index in [9.17, 15) is 9.59 Å². The Balaban J connectivity index is 4.33. The Labute approximate surface area is 435 Å². The fourth-order valence-corrected chi connectivity index (χ4v) is 8.45. The first kappa shape index (κ1) is 67.1. The summed E-state index contributed by atoms with van der Waals surface area (Å²) in [6.45, 7) is 7.69. The SMILES string of the molecule is CC/C=C\C/C=C\C/C=C\C/C=C\CCCCCCC(=O)OC(COCCCCCCCCCCCCCCCCCCCC)COC(=O)CCCCCCCC/C=C\C/C=C\C/C=C\CCCCC. The van der Waals surface area contributed by atoms with Crippen LogP contribution in [-0.4, -0.2) is 37.9 Å². The van der Waals surface area contributed by atoms with E-state index in [1.54, 1.807) is 0 Å². The van der Waals surface area contributed by atoms with Crippen molar-refractivity contribution in [3.05, 3.63) is 85.1 Å². The Morgan fingerprint density at radius 2 is 0.643 bits per heavy atom. The molecule has 0 bridgehead atoms. The Bertz CT molecular complexity index is 1290.